The molecule has 1 saturated heterocycles. The highest BCUT2D eigenvalue weighted by Crippen LogP contribution is 2.11. The molecule has 2 amide bonds. The quantitative estimate of drug-likeness (QED) is 0.913. The van der Waals surface area contributed by atoms with Gasteiger partial charge in [0.05, 0.1) is 12.0 Å². The molecule has 2 aromatic rings. The zero-order valence-electron chi connectivity index (χ0n) is 14.2. The van der Waals surface area contributed by atoms with Crippen LogP contribution in [0.3, 0.4) is 0 Å². The molecule has 0 atom stereocenters. The van der Waals surface area contributed by atoms with Gasteiger partial charge in [-0.3, -0.25) is 14.4 Å². The fourth-order valence-corrected chi connectivity index (χ4v) is 2.99. The molecule has 1 aliphatic rings. The van der Waals surface area contributed by atoms with Crippen molar-refractivity contribution in [3.05, 3.63) is 69.6 Å². The van der Waals surface area contributed by atoms with Crippen LogP contribution >= 0.6 is 0 Å². The molecule has 3 rings (SSSR count). The van der Waals surface area contributed by atoms with Crippen molar-refractivity contribution in [2.75, 3.05) is 26.2 Å². The Morgan fingerprint density at radius 2 is 1.76 bits per heavy atom. The van der Waals surface area contributed by atoms with Crippen molar-refractivity contribution < 1.29 is 9.59 Å². The summed E-state index contributed by atoms with van der Waals surface area (Å²) in [5.74, 6) is -0.0382. The van der Waals surface area contributed by atoms with Gasteiger partial charge in [-0.2, -0.15) is 0 Å². The first kappa shape index (κ1) is 17.0. The minimum absolute atomic E-state index is 0.0849. The Balaban J connectivity index is 1.56. The number of pyridine rings is 1. The first-order valence-corrected chi connectivity index (χ1v) is 8.34. The lowest BCUT2D eigenvalue weighted by atomic mass is 10.1. The summed E-state index contributed by atoms with van der Waals surface area (Å²) in [4.78, 5) is 42.0. The molecule has 0 radical (unpaired) electrons. The molecule has 1 aromatic heterocycles. The number of carbonyl (C=O) groups is 2. The number of nitrogens with one attached hydrogen (secondary N) is 1. The van der Waals surface area contributed by atoms with Crippen molar-refractivity contribution in [2.24, 2.45) is 0 Å². The number of amides is 2. The number of piperazine rings is 1. The highest BCUT2D eigenvalue weighted by Gasteiger charge is 2.24. The van der Waals surface area contributed by atoms with Crippen molar-refractivity contribution in [1.82, 2.24) is 14.8 Å². The standard InChI is InChI=1S/C19H21N3O3/c1-14-3-2-4-15(11-14)12-18(24)21-7-9-22(10-8-21)19(25)16-5-6-17(23)20-13-16/h2-6,11,13H,7-10,12H2,1H3,(H,20,23). The van der Waals surface area contributed by atoms with Gasteiger partial charge in [0.1, 0.15) is 0 Å². The molecule has 0 spiro atoms. The van der Waals surface area contributed by atoms with E-state index >= 15 is 0 Å². The fourth-order valence-electron chi connectivity index (χ4n) is 2.99. The molecule has 0 aliphatic carbocycles. The SMILES string of the molecule is Cc1cccc(CC(=O)N2CCN(C(=O)c3ccc(=O)[nH]c3)CC2)c1. The van der Waals surface area contributed by atoms with E-state index in [0.717, 1.165) is 11.1 Å². The lowest BCUT2D eigenvalue weighted by molar-refractivity contribution is -0.131. The van der Waals surface area contributed by atoms with Gasteiger partial charge in [0, 0.05) is 38.4 Å². The second-order valence-electron chi connectivity index (χ2n) is 6.28. The predicted molar refractivity (Wildman–Crippen MR) is 94.4 cm³/mol. The number of rotatable bonds is 3. The summed E-state index contributed by atoms with van der Waals surface area (Å²) < 4.78 is 0. The van der Waals surface area contributed by atoms with Crippen LogP contribution in [0.2, 0.25) is 0 Å². The van der Waals surface area contributed by atoms with Gasteiger partial charge in [-0.15, -0.1) is 0 Å². The van der Waals surface area contributed by atoms with Crippen molar-refractivity contribution in [2.45, 2.75) is 13.3 Å². The molecule has 2 heterocycles. The Bertz CT molecular complexity index is 815. The van der Waals surface area contributed by atoms with Crippen LogP contribution in [0.1, 0.15) is 21.5 Å². The third-order valence-corrected chi connectivity index (χ3v) is 4.39. The lowest BCUT2D eigenvalue weighted by Crippen LogP contribution is -2.51. The van der Waals surface area contributed by atoms with E-state index in [0.29, 0.717) is 38.2 Å². The Morgan fingerprint density at radius 3 is 2.40 bits per heavy atom. The minimum Gasteiger partial charge on any atom is -0.339 e. The van der Waals surface area contributed by atoms with E-state index in [1.165, 1.54) is 18.3 Å². The second kappa shape index (κ2) is 7.34. The van der Waals surface area contributed by atoms with E-state index in [2.05, 4.69) is 4.98 Å². The molecule has 1 N–H and O–H groups in total. The summed E-state index contributed by atoms with van der Waals surface area (Å²) in [6, 6.07) is 10.8. The molecule has 25 heavy (non-hydrogen) atoms. The molecular formula is C19H21N3O3. The van der Waals surface area contributed by atoms with Gasteiger partial charge in [-0.25, -0.2) is 0 Å². The van der Waals surface area contributed by atoms with Gasteiger partial charge in [0.2, 0.25) is 11.5 Å². The molecule has 1 aliphatic heterocycles. The average Bonchev–Trinajstić information content (AvgIpc) is 2.62. The summed E-state index contributed by atoms with van der Waals surface area (Å²) in [7, 11) is 0. The highest BCUT2D eigenvalue weighted by atomic mass is 16.2. The van der Waals surface area contributed by atoms with Crippen molar-refractivity contribution in [1.29, 1.82) is 0 Å². The molecule has 0 unspecified atom stereocenters. The maximum atomic E-state index is 12.4. The van der Waals surface area contributed by atoms with E-state index in [9.17, 15) is 14.4 Å². The number of hydrogen-bond acceptors (Lipinski definition) is 3. The first-order valence-electron chi connectivity index (χ1n) is 8.34. The molecule has 0 saturated carbocycles. The molecular weight excluding hydrogens is 318 g/mol. The van der Waals surface area contributed by atoms with E-state index in [1.54, 1.807) is 9.80 Å². The first-order chi connectivity index (χ1) is 12.0. The van der Waals surface area contributed by atoms with Crippen molar-refractivity contribution >= 4 is 11.8 Å². The Labute approximate surface area is 146 Å². The summed E-state index contributed by atoms with van der Waals surface area (Å²) in [5.41, 5.74) is 2.38. The number of benzene rings is 1. The highest BCUT2D eigenvalue weighted by molar-refractivity contribution is 5.94. The predicted octanol–water partition coefficient (Wildman–Crippen LogP) is 1.21. The summed E-state index contributed by atoms with van der Waals surface area (Å²) >= 11 is 0. The van der Waals surface area contributed by atoms with Crippen LogP contribution in [0.4, 0.5) is 0 Å². The minimum atomic E-state index is -0.233. The third kappa shape index (κ3) is 4.15. The van der Waals surface area contributed by atoms with Crippen LogP contribution in [0.5, 0.6) is 0 Å². The van der Waals surface area contributed by atoms with Gasteiger partial charge < -0.3 is 14.8 Å². The summed E-state index contributed by atoms with van der Waals surface area (Å²) in [6.45, 7) is 4.06. The van der Waals surface area contributed by atoms with Crippen LogP contribution in [0, 0.1) is 6.92 Å². The van der Waals surface area contributed by atoms with Gasteiger partial charge in [0.15, 0.2) is 0 Å². The fraction of sp³-hybridized carbons (Fsp3) is 0.316. The van der Waals surface area contributed by atoms with Crippen LogP contribution in [0.15, 0.2) is 47.4 Å². The maximum Gasteiger partial charge on any atom is 0.255 e. The number of H-pyrrole nitrogens is 1. The number of aromatic amines is 1. The van der Waals surface area contributed by atoms with Gasteiger partial charge in [0.25, 0.3) is 5.91 Å². The smallest absolute Gasteiger partial charge is 0.255 e. The topological polar surface area (TPSA) is 73.5 Å². The van der Waals surface area contributed by atoms with E-state index in [4.69, 9.17) is 0 Å². The molecule has 1 fully saturated rings. The third-order valence-electron chi connectivity index (χ3n) is 4.39. The molecule has 0 bridgehead atoms. The Morgan fingerprint density at radius 1 is 1.04 bits per heavy atom. The lowest BCUT2D eigenvalue weighted by Gasteiger charge is -2.35. The van der Waals surface area contributed by atoms with Crippen LogP contribution < -0.4 is 5.56 Å². The van der Waals surface area contributed by atoms with E-state index in [1.807, 2.05) is 31.2 Å². The number of carbonyl (C=O) groups excluding carboxylic acids is 2. The number of hydrogen-bond donors (Lipinski definition) is 1. The number of aromatic nitrogens is 1. The van der Waals surface area contributed by atoms with Crippen molar-refractivity contribution in [3.63, 3.8) is 0 Å². The zero-order valence-corrected chi connectivity index (χ0v) is 14.2. The normalized spacial score (nSPS) is 14.4. The van der Waals surface area contributed by atoms with Gasteiger partial charge in [-0.05, 0) is 18.6 Å². The van der Waals surface area contributed by atoms with Crippen LogP contribution in [0.25, 0.3) is 0 Å². The Kier molecular flexibility index (Phi) is 4.97. The van der Waals surface area contributed by atoms with E-state index < -0.39 is 0 Å². The number of aryl methyl sites for hydroxylation is 1. The van der Waals surface area contributed by atoms with Gasteiger partial charge >= 0.3 is 0 Å². The molecule has 130 valence electrons. The van der Waals surface area contributed by atoms with E-state index in [-0.39, 0.29) is 17.4 Å². The number of nitrogens with zero attached hydrogens (tertiary/aromatic N) is 2. The summed E-state index contributed by atoms with van der Waals surface area (Å²) in [6.07, 6.45) is 1.81. The maximum absolute atomic E-state index is 12.4. The molecule has 6 nitrogen and oxygen atoms in total. The van der Waals surface area contributed by atoms with Crippen LogP contribution in [-0.4, -0.2) is 52.8 Å². The molecule has 6 heteroatoms. The second-order valence-corrected chi connectivity index (χ2v) is 6.28. The summed E-state index contributed by atoms with van der Waals surface area (Å²) in [5, 5.41) is 0. The monoisotopic (exact) mass is 339 g/mol. The van der Waals surface area contributed by atoms with Gasteiger partial charge in [-0.1, -0.05) is 29.8 Å². The average molecular weight is 339 g/mol. The van der Waals surface area contributed by atoms with Crippen molar-refractivity contribution in [3.8, 4) is 0 Å². The largest absolute Gasteiger partial charge is 0.339 e. The Hall–Kier alpha value is -2.89. The molecule has 1 aromatic carbocycles. The zero-order chi connectivity index (χ0) is 17.8. The van der Waals surface area contributed by atoms with Crippen LogP contribution in [-0.2, 0) is 11.2 Å².